The maximum absolute atomic E-state index is 13.4. The zero-order chi connectivity index (χ0) is 19.5. The number of piperidine rings is 1. The summed E-state index contributed by atoms with van der Waals surface area (Å²) in [6.07, 6.45) is -4.80. The highest BCUT2D eigenvalue weighted by molar-refractivity contribution is 7.89. The molecule has 6 nitrogen and oxygen atoms in total. The summed E-state index contributed by atoms with van der Waals surface area (Å²) in [4.78, 5) is 10.8. The number of carbonyl (C=O) groups excluding carboxylic acids is 1. The molecule has 0 unspecified atom stereocenters. The molecule has 1 saturated heterocycles. The molecule has 0 bridgehead atoms. The van der Waals surface area contributed by atoms with Crippen LogP contribution in [0.3, 0.4) is 0 Å². The predicted molar refractivity (Wildman–Crippen MR) is 83.3 cm³/mol. The molecule has 1 N–H and O–H groups in total. The second-order valence-corrected chi connectivity index (χ2v) is 7.64. The van der Waals surface area contributed by atoms with E-state index in [4.69, 9.17) is 4.74 Å². The van der Waals surface area contributed by atoms with Crippen LogP contribution in [0.2, 0.25) is 0 Å². The second kappa shape index (κ2) is 7.78. The molecule has 146 valence electrons. The summed E-state index contributed by atoms with van der Waals surface area (Å²) in [6.45, 7) is 1.74. The molecule has 1 aromatic rings. The normalized spacial score (nSPS) is 19.2. The van der Waals surface area contributed by atoms with Gasteiger partial charge in [0, 0.05) is 19.1 Å². The molecular formula is C15H18F4N2O4S. The number of amides is 1. The average molecular weight is 398 g/mol. The molecule has 1 aliphatic heterocycles. The number of benzene rings is 1. The number of carbonyl (C=O) groups is 1. The van der Waals surface area contributed by atoms with Crippen molar-refractivity contribution in [3.63, 3.8) is 0 Å². The molecule has 0 spiro atoms. The van der Waals surface area contributed by atoms with Crippen molar-refractivity contribution in [1.29, 1.82) is 0 Å². The minimum absolute atomic E-state index is 0.0854. The lowest BCUT2D eigenvalue weighted by molar-refractivity contribution is -0.140. The number of sulfonamides is 1. The Bertz CT molecular complexity index is 767. The van der Waals surface area contributed by atoms with Gasteiger partial charge in [0.25, 0.3) is 0 Å². The second-order valence-electron chi connectivity index (χ2n) is 5.71. The largest absolute Gasteiger partial charge is 0.450 e. The van der Waals surface area contributed by atoms with Crippen LogP contribution in [-0.2, 0) is 20.9 Å². The minimum atomic E-state index is -5.01. The number of rotatable bonds is 4. The van der Waals surface area contributed by atoms with E-state index in [2.05, 4.69) is 5.32 Å². The van der Waals surface area contributed by atoms with Gasteiger partial charge in [0.15, 0.2) is 0 Å². The van der Waals surface area contributed by atoms with E-state index in [1.807, 2.05) is 0 Å². The average Bonchev–Trinajstić information content (AvgIpc) is 2.54. The van der Waals surface area contributed by atoms with Crippen LogP contribution in [0.4, 0.5) is 22.4 Å². The molecular weight excluding hydrogens is 380 g/mol. The van der Waals surface area contributed by atoms with Crippen molar-refractivity contribution in [2.24, 2.45) is 0 Å². The highest BCUT2D eigenvalue weighted by atomic mass is 32.2. The molecule has 1 fully saturated rings. The molecule has 1 atom stereocenters. The molecule has 2 rings (SSSR count). The van der Waals surface area contributed by atoms with Crippen LogP contribution in [0.15, 0.2) is 23.1 Å². The Morgan fingerprint density at radius 1 is 1.38 bits per heavy atom. The first-order valence-electron chi connectivity index (χ1n) is 7.86. The first-order valence-corrected chi connectivity index (χ1v) is 9.30. The lowest BCUT2D eigenvalue weighted by Gasteiger charge is -2.32. The van der Waals surface area contributed by atoms with Gasteiger partial charge in [0.2, 0.25) is 10.0 Å². The highest BCUT2D eigenvalue weighted by Gasteiger charge is 2.37. The Morgan fingerprint density at radius 2 is 2.08 bits per heavy atom. The van der Waals surface area contributed by atoms with E-state index in [1.54, 1.807) is 6.92 Å². The quantitative estimate of drug-likeness (QED) is 0.792. The van der Waals surface area contributed by atoms with Crippen molar-refractivity contribution >= 4 is 16.1 Å². The zero-order valence-electron chi connectivity index (χ0n) is 13.8. The number of alkyl carbamates (subject to hydrolysis) is 1. The van der Waals surface area contributed by atoms with Gasteiger partial charge >= 0.3 is 12.3 Å². The fraction of sp³-hybridized carbons (Fsp3) is 0.533. The first kappa shape index (κ1) is 20.4. The van der Waals surface area contributed by atoms with Crippen molar-refractivity contribution in [2.45, 2.75) is 36.9 Å². The van der Waals surface area contributed by atoms with E-state index in [0.29, 0.717) is 18.9 Å². The van der Waals surface area contributed by atoms with Gasteiger partial charge in [0.05, 0.1) is 17.1 Å². The van der Waals surface area contributed by atoms with Crippen molar-refractivity contribution in [1.82, 2.24) is 9.62 Å². The van der Waals surface area contributed by atoms with Crippen molar-refractivity contribution in [3.8, 4) is 0 Å². The van der Waals surface area contributed by atoms with Crippen molar-refractivity contribution in [2.75, 3.05) is 19.7 Å². The number of ether oxygens (including phenoxy) is 1. The lowest BCUT2D eigenvalue weighted by atomic mass is 10.1. The third-order valence-electron chi connectivity index (χ3n) is 3.86. The van der Waals surface area contributed by atoms with Crippen LogP contribution in [0.5, 0.6) is 0 Å². The van der Waals surface area contributed by atoms with E-state index < -0.39 is 44.6 Å². The Hall–Kier alpha value is -1.88. The fourth-order valence-electron chi connectivity index (χ4n) is 2.65. The molecule has 26 heavy (non-hydrogen) atoms. The minimum Gasteiger partial charge on any atom is -0.450 e. The van der Waals surface area contributed by atoms with Gasteiger partial charge < -0.3 is 10.1 Å². The van der Waals surface area contributed by atoms with Gasteiger partial charge in [-0.15, -0.1) is 0 Å². The number of alkyl halides is 3. The Morgan fingerprint density at radius 3 is 2.69 bits per heavy atom. The van der Waals surface area contributed by atoms with E-state index in [-0.39, 0.29) is 25.8 Å². The zero-order valence-corrected chi connectivity index (χ0v) is 14.7. The third kappa shape index (κ3) is 4.64. The molecule has 1 amide bonds. The maximum Gasteiger partial charge on any atom is 0.419 e. The first-order chi connectivity index (χ1) is 12.1. The van der Waals surface area contributed by atoms with E-state index in [1.165, 1.54) is 0 Å². The molecule has 0 saturated carbocycles. The molecule has 0 aromatic heterocycles. The van der Waals surface area contributed by atoms with E-state index in [9.17, 15) is 30.8 Å². The number of hydrogen-bond acceptors (Lipinski definition) is 4. The lowest BCUT2D eigenvalue weighted by Crippen LogP contribution is -2.49. The molecule has 0 aliphatic carbocycles. The smallest absolute Gasteiger partial charge is 0.419 e. The summed E-state index contributed by atoms with van der Waals surface area (Å²) >= 11 is 0. The highest BCUT2D eigenvalue weighted by Crippen LogP contribution is 2.33. The predicted octanol–water partition coefficient (Wildman–Crippen LogP) is 2.74. The van der Waals surface area contributed by atoms with Gasteiger partial charge in [-0.2, -0.15) is 17.5 Å². The summed E-state index contributed by atoms with van der Waals surface area (Å²) in [5, 5.41) is 2.51. The fourth-order valence-corrected chi connectivity index (χ4v) is 4.20. The Kier molecular flexibility index (Phi) is 6.12. The molecule has 11 heteroatoms. The summed E-state index contributed by atoms with van der Waals surface area (Å²) in [5.41, 5.74) is -1.64. The number of nitrogens with zero attached hydrogens (tertiary/aromatic N) is 1. The Balaban J connectivity index is 2.23. The molecule has 1 heterocycles. The summed E-state index contributed by atoms with van der Waals surface area (Å²) < 4.78 is 82.8. The van der Waals surface area contributed by atoms with E-state index >= 15 is 0 Å². The summed E-state index contributed by atoms with van der Waals surface area (Å²) in [6, 6.07) is 1.03. The Labute approximate surface area is 148 Å². The van der Waals surface area contributed by atoms with Crippen LogP contribution < -0.4 is 5.32 Å². The molecule has 0 radical (unpaired) electrons. The maximum atomic E-state index is 13.4. The molecule has 1 aromatic carbocycles. The van der Waals surface area contributed by atoms with Crippen LogP contribution in [0.25, 0.3) is 0 Å². The number of nitrogens with one attached hydrogen (secondary N) is 1. The standard InChI is InChI=1S/C15H18F4N2O4S/c1-2-25-14(22)20-10-4-3-7-21(9-10)26(23,24)11-5-6-13(16)12(8-11)15(17,18)19/h5-6,8,10H,2-4,7,9H2,1H3,(H,20,22)/t10-/m0/s1. The van der Waals surface area contributed by atoms with Crippen LogP contribution in [0.1, 0.15) is 25.3 Å². The molecule has 1 aliphatic rings. The van der Waals surface area contributed by atoms with Gasteiger partial charge in [0.1, 0.15) is 5.82 Å². The van der Waals surface area contributed by atoms with Gasteiger partial charge in [-0.25, -0.2) is 17.6 Å². The van der Waals surface area contributed by atoms with Crippen molar-refractivity contribution < 1.29 is 35.5 Å². The topological polar surface area (TPSA) is 75.7 Å². The third-order valence-corrected chi connectivity index (χ3v) is 5.72. The number of hydrogen-bond donors (Lipinski definition) is 1. The monoisotopic (exact) mass is 398 g/mol. The van der Waals surface area contributed by atoms with Crippen molar-refractivity contribution in [3.05, 3.63) is 29.6 Å². The van der Waals surface area contributed by atoms with Crippen LogP contribution in [0, 0.1) is 5.82 Å². The van der Waals surface area contributed by atoms with Gasteiger partial charge in [-0.3, -0.25) is 0 Å². The summed E-state index contributed by atoms with van der Waals surface area (Å²) in [7, 11) is -4.27. The number of halogens is 4. The van der Waals surface area contributed by atoms with E-state index in [0.717, 1.165) is 10.4 Å². The summed E-state index contributed by atoms with van der Waals surface area (Å²) in [5.74, 6) is -1.54. The SMILES string of the molecule is CCOC(=O)N[C@H]1CCCN(S(=O)(=O)c2ccc(F)c(C(F)(F)F)c2)C1. The van der Waals surface area contributed by atoms with Crippen LogP contribution in [-0.4, -0.2) is 44.6 Å². The van der Waals surface area contributed by atoms with Gasteiger partial charge in [-0.1, -0.05) is 0 Å². The van der Waals surface area contributed by atoms with Gasteiger partial charge in [-0.05, 0) is 38.0 Å². The van der Waals surface area contributed by atoms with Crippen LogP contribution >= 0.6 is 0 Å².